The van der Waals surface area contributed by atoms with E-state index >= 15 is 0 Å². The Kier molecular flexibility index (Phi) is 24.1. The van der Waals surface area contributed by atoms with E-state index in [1.165, 1.54) is 0 Å². The second-order valence-electron chi connectivity index (χ2n) is 6.85. The summed E-state index contributed by atoms with van der Waals surface area (Å²) < 4.78 is -0.335. The number of allylic oxidation sites excluding steroid dienone is 2. The van der Waals surface area contributed by atoms with Crippen molar-refractivity contribution in [2.75, 3.05) is 20.1 Å². The highest BCUT2D eigenvalue weighted by Crippen LogP contribution is 2.41. The summed E-state index contributed by atoms with van der Waals surface area (Å²) in [4.78, 5) is 27.7. The molecule has 0 fully saturated rings. The van der Waals surface area contributed by atoms with Crippen LogP contribution in [0.2, 0.25) is 0 Å². The number of aliphatic imine (C=N–C) groups is 1. The molecule has 0 bridgehead atoms. The Hall–Kier alpha value is -1.20. The van der Waals surface area contributed by atoms with Crippen molar-refractivity contribution in [1.82, 2.24) is 4.90 Å². The molecule has 0 aliphatic carbocycles. The largest absolute Gasteiger partial charge is 0.307 e. The number of thioether (sulfide) groups is 1. The molecule has 5 heteroatoms. The third-order valence-electron chi connectivity index (χ3n) is 4.48. The highest BCUT2D eigenvalue weighted by Gasteiger charge is 2.43. The number of carbonyl (C=O) groups excluding carboxylic acids is 2. The standard InChI is InChI=1S/C12H22N2OS.C5H10O.C5H8.C2H6/c1-6-14(5)8-7-9(2)12(4)11(15)13-10(3)16-12;1-2-3-4-5-6;1-3-5-4-2;1-2/h9H,6-8H2,1-5H3;5H,2-4H2,1H3;3-4H,1-2,5H2;1-2H3. The molecular weight excluding hydrogens is 380 g/mol. The van der Waals surface area contributed by atoms with E-state index in [0.717, 1.165) is 56.5 Å². The van der Waals surface area contributed by atoms with Gasteiger partial charge in [-0.15, -0.1) is 13.2 Å². The predicted molar refractivity (Wildman–Crippen MR) is 133 cm³/mol. The van der Waals surface area contributed by atoms with Crippen molar-refractivity contribution in [1.29, 1.82) is 0 Å². The molecule has 2 unspecified atom stereocenters. The van der Waals surface area contributed by atoms with Crippen molar-refractivity contribution in [2.45, 2.75) is 85.3 Å². The summed E-state index contributed by atoms with van der Waals surface area (Å²) in [7, 11) is 2.11. The molecule has 1 aliphatic heterocycles. The highest BCUT2D eigenvalue weighted by molar-refractivity contribution is 8.16. The zero-order valence-electron chi connectivity index (χ0n) is 20.3. The van der Waals surface area contributed by atoms with Gasteiger partial charge in [-0.3, -0.25) is 4.79 Å². The number of nitrogens with zero attached hydrogens (tertiary/aromatic N) is 2. The van der Waals surface area contributed by atoms with Crippen LogP contribution in [0.3, 0.4) is 0 Å². The molecule has 1 amide bonds. The van der Waals surface area contributed by atoms with Crippen molar-refractivity contribution >= 4 is 29.0 Å². The van der Waals surface area contributed by atoms with E-state index in [1.807, 2.05) is 39.8 Å². The average molecular weight is 427 g/mol. The molecule has 1 heterocycles. The smallest absolute Gasteiger partial charge is 0.263 e. The van der Waals surface area contributed by atoms with Crippen LogP contribution in [0.5, 0.6) is 0 Å². The van der Waals surface area contributed by atoms with E-state index < -0.39 is 0 Å². The molecule has 0 radical (unpaired) electrons. The lowest BCUT2D eigenvalue weighted by molar-refractivity contribution is -0.120. The number of amides is 1. The fourth-order valence-corrected chi connectivity index (χ4v) is 3.39. The minimum Gasteiger partial charge on any atom is -0.307 e. The lowest BCUT2D eigenvalue weighted by Gasteiger charge is -2.29. The normalized spacial score (nSPS) is 18.1. The van der Waals surface area contributed by atoms with Crippen LogP contribution >= 0.6 is 11.8 Å². The van der Waals surface area contributed by atoms with Crippen LogP contribution in [-0.4, -0.2) is 47.0 Å². The molecule has 0 saturated heterocycles. The maximum Gasteiger partial charge on any atom is 0.263 e. The van der Waals surface area contributed by atoms with Crippen LogP contribution in [0.1, 0.15) is 80.6 Å². The summed E-state index contributed by atoms with van der Waals surface area (Å²) in [6, 6.07) is 0. The van der Waals surface area contributed by atoms with E-state index in [-0.39, 0.29) is 10.7 Å². The van der Waals surface area contributed by atoms with E-state index in [0.29, 0.717) is 5.92 Å². The molecule has 2 atom stereocenters. The summed E-state index contributed by atoms with van der Waals surface area (Å²) in [5, 5.41) is 0.906. The van der Waals surface area contributed by atoms with Crippen LogP contribution in [-0.2, 0) is 9.59 Å². The van der Waals surface area contributed by atoms with Gasteiger partial charge in [0, 0.05) is 6.42 Å². The SMILES string of the molecule is C=CCC=C.CC.CCCCC=O.CCN(C)CCC(C)C1(C)SC(C)=NC1=O. The Morgan fingerprint density at radius 1 is 1.24 bits per heavy atom. The summed E-state index contributed by atoms with van der Waals surface area (Å²) in [6.07, 6.45) is 9.45. The molecule has 170 valence electrons. The van der Waals surface area contributed by atoms with Gasteiger partial charge in [-0.1, -0.05) is 65.0 Å². The predicted octanol–water partition coefficient (Wildman–Crippen LogP) is 6.57. The van der Waals surface area contributed by atoms with Crippen molar-refractivity contribution in [3.63, 3.8) is 0 Å². The second kappa shape index (κ2) is 21.5. The number of aldehydes is 1. The molecule has 1 aliphatic rings. The lowest BCUT2D eigenvalue weighted by atomic mass is 9.91. The Morgan fingerprint density at radius 2 is 1.79 bits per heavy atom. The van der Waals surface area contributed by atoms with E-state index in [4.69, 9.17) is 0 Å². The van der Waals surface area contributed by atoms with Crippen molar-refractivity contribution in [3.05, 3.63) is 25.3 Å². The summed E-state index contributed by atoms with van der Waals surface area (Å²) in [5.41, 5.74) is 0. The minimum absolute atomic E-state index is 0.0432. The quantitative estimate of drug-likeness (QED) is 0.225. The fourth-order valence-electron chi connectivity index (χ4n) is 2.19. The van der Waals surface area contributed by atoms with Gasteiger partial charge < -0.3 is 9.69 Å². The summed E-state index contributed by atoms with van der Waals surface area (Å²) in [5.74, 6) is 0.404. The molecule has 29 heavy (non-hydrogen) atoms. The van der Waals surface area contributed by atoms with E-state index in [2.05, 4.69) is 50.9 Å². The number of carbonyl (C=O) groups is 2. The van der Waals surface area contributed by atoms with Gasteiger partial charge in [0.25, 0.3) is 5.91 Å². The van der Waals surface area contributed by atoms with Gasteiger partial charge in [0.05, 0.1) is 5.04 Å². The Morgan fingerprint density at radius 3 is 2.07 bits per heavy atom. The first kappa shape index (κ1) is 32.5. The molecule has 0 saturated carbocycles. The van der Waals surface area contributed by atoms with Gasteiger partial charge in [-0.25, -0.2) is 4.99 Å². The molecule has 0 aromatic carbocycles. The Balaban J connectivity index is -0.000000429. The molecule has 1 rings (SSSR count). The number of rotatable bonds is 10. The first-order valence-corrected chi connectivity index (χ1v) is 11.7. The maximum absolute atomic E-state index is 11.8. The first-order chi connectivity index (χ1) is 13.7. The Bertz CT molecular complexity index is 472. The Labute approximate surface area is 185 Å². The number of hydrogen-bond donors (Lipinski definition) is 0. The number of unbranched alkanes of at least 4 members (excludes halogenated alkanes) is 2. The van der Waals surface area contributed by atoms with Crippen LogP contribution in [0.15, 0.2) is 30.3 Å². The van der Waals surface area contributed by atoms with Gasteiger partial charge in [0.2, 0.25) is 0 Å². The van der Waals surface area contributed by atoms with Crippen LogP contribution < -0.4 is 0 Å². The monoisotopic (exact) mass is 426 g/mol. The van der Waals surface area contributed by atoms with Crippen molar-refractivity contribution in [3.8, 4) is 0 Å². The van der Waals surface area contributed by atoms with E-state index in [1.54, 1.807) is 11.8 Å². The van der Waals surface area contributed by atoms with Crippen LogP contribution in [0.4, 0.5) is 0 Å². The molecule has 0 aromatic heterocycles. The zero-order valence-corrected chi connectivity index (χ0v) is 21.1. The van der Waals surface area contributed by atoms with Gasteiger partial charge in [-0.05, 0) is 59.2 Å². The van der Waals surface area contributed by atoms with Crippen molar-refractivity contribution in [2.24, 2.45) is 10.9 Å². The van der Waals surface area contributed by atoms with Gasteiger partial charge >= 0.3 is 0 Å². The van der Waals surface area contributed by atoms with Crippen LogP contribution in [0.25, 0.3) is 0 Å². The van der Waals surface area contributed by atoms with Gasteiger partial charge in [0.1, 0.15) is 11.0 Å². The second-order valence-corrected chi connectivity index (χ2v) is 8.50. The van der Waals surface area contributed by atoms with Crippen LogP contribution in [0, 0.1) is 5.92 Å². The van der Waals surface area contributed by atoms with Gasteiger partial charge in [-0.2, -0.15) is 0 Å². The number of hydrogen-bond acceptors (Lipinski definition) is 4. The molecule has 0 N–H and O–H groups in total. The van der Waals surface area contributed by atoms with Gasteiger partial charge in [0.15, 0.2) is 0 Å². The fraction of sp³-hybridized carbons (Fsp3) is 0.708. The summed E-state index contributed by atoms with van der Waals surface area (Å²) in [6.45, 7) is 23.4. The maximum atomic E-state index is 11.8. The third-order valence-corrected chi connectivity index (χ3v) is 5.86. The molecule has 0 aromatic rings. The average Bonchev–Trinajstić information content (AvgIpc) is 2.99. The molecule has 4 nitrogen and oxygen atoms in total. The zero-order chi connectivity index (χ0) is 23.3. The highest BCUT2D eigenvalue weighted by atomic mass is 32.2. The third kappa shape index (κ3) is 16.3. The lowest BCUT2D eigenvalue weighted by Crippen LogP contribution is -2.36. The minimum atomic E-state index is -0.335. The molecular formula is C24H46N2O2S. The van der Waals surface area contributed by atoms with E-state index in [9.17, 15) is 9.59 Å². The van der Waals surface area contributed by atoms with Crippen molar-refractivity contribution < 1.29 is 9.59 Å². The topological polar surface area (TPSA) is 49.7 Å². The molecule has 0 spiro atoms. The summed E-state index contributed by atoms with van der Waals surface area (Å²) >= 11 is 1.63. The first-order valence-electron chi connectivity index (χ1n) is 10.9.